The number of methoxy groups -OCH3 is 1. The lowest BCUT2D eigenvalue weighted by Gasteiger charge is -2.49. The van der Waals surface area contributed by atoms with Gasteiger partial charge in [-0.2, -0.15) is 0 Å². The third kappa shape index (κ3) is 7.32. The summed E-state index contributed by atoms with van der Waals surface area (Å²) in [6, 6.07) is 4.26. The summed E-state index contributed by atoms with van der Waals surface area (Å²) in [7, 11) is 0.0194. The number of piperazine rings is 1. The van der Waals surface area contributed by atoms with Crippen LogP contribution in [-0.2, 0) is 9.53 Å². The molecule has 0 spiro atoms. The molecule has 1 saturated heterocycles. The van der Waals surface area contributed by atoms with E-state index < -0.39 is 8.24 Å². The van der Waals surface area contributed by atoms with Gasteiger partial charge in [-0.1, -0.05) is 48.5 Å². The second-order valence-corrected chi connectivity index (χ2v) is 14.0. The highest BCUT2D eigenvalue weighted by molar-refractivity contribution is 6.77. The Bertz CT molecular complexity index is 392. The quantitative estimate of drug-likeness (QED) is 0.415. The summed E-state index contributed by atoms with van der Waals surface area (Å²) in [6.07, 6.45) is 0. The maximum Gasteiger partial charge on any atom is 0.309 e. The lowest BCUT2D eigenvalue weighted by molar-refractivity contribution is -0.145. The van der Waals surface area contributed by atoms with Crippen LogP contribution in [0.3, 0.4) is 0 Å². The zero-order valence-electron chi connectivity index (χ0n) is 18.7. The van der Waals surface area contributed by atoms with Gasteiger partial charge < -0.3 is 14.2 Å². The number of nitrogens with zero attached hydrogens (tertiary/aromatic N) is 2. The van der Waals surface area contributed by atoms with E-state index in [0.29, 0.717) is 0 Å². The summed E-state index contributed by atoms with van der Waals surface area (Å²) in [6.45, 7) is 21.7. The van der Waals surface area contributed by atoms with Crippen molar-refractivity contribution in [2.45, 2.75) is 66.6 Å². The van der Waals surface area contributed by atoms with Crippen molar-refractivity contribution in [3.63, 3.8) is 0 Å². The Morgan fingerprint density at radius 2 is 1.27 bits per heavy atom. The highest BCUT2D eigenvalue weighted by Crippen LogP contribution is 2.35. The molecule has 1 aliphatic rings. The van der Waals surface area contributed by atoms with Gasteiger partial charge in [0.25, 0.3) is 0 Å². The first-order valence-electron chi connectivity index (χ1n) is 10.6. The summed E-state index contributed by atoms with van der Waals surface area (Å²) < 4.78 is 7.81. The van der Waals surface area contributed by atoms with E-state index in [2.05, 4.69) is 51.0 Å². The van der Waals surface area contributed by atoms with Gasteiger partial charge in [-0.3, -0.25) is 4.79 Å². The van der Waals surface area contributed by atoms with Crippen molar-refractivity contribution in [2.75, 3.05) is 39.8 Å². The molecule has 0 saturated carbocycles. The molecule has 0 radical (unpaired) electrons. The lowest BCUT2D eigenvalue weighted by atomic mass is 10.1. The van der Waals surface area contributed by atoms with Crippen LogP contribution in [-0.4, -0.2) is 63.5 Å². The van der Waals surface area contributed by atoms with Gasteiger partial charge in [-0.15, -0.1) is 0 Å². The predicted octanol–water partition coefficient (Wildman–Crippen LogP) is 4.33. The summed E-state index contributed by atoms with van der Waals surface area (Å²) in [5.74, 6) is 2.20. The molecule has 1 unspecified atom stereocenters. The molecule has 0 aliphatic carbocycles. The Labute approximate surface area is 163 Å². The number of carbonyl (C=O) groups is 1. The van der Waals surface area contributed by atoms with Gasteiger partial charge in [-0.25, -0.2) is 0 Å². The number of carbonyl (C=O) groups excluding carboxylic acids is 1. The Morgan fingerprint density at radius 3 is 1.62 bits per heavy atom. The van der Waals surface area contributed by atoms with Crippen molar-refractivity contribution in [3.05, 3.63) is 0 Å². The molecular formula is C21H44N2O2Si. The van der Waals surface area contributed by atoms with Crippen molar-refractivity contribution in [1.29, 1.82) is 0 Å². The third-order valence-electron chi connectivity index (χ3n) is 5.54. The molecule has 0 aromatic rings. The number of hydrogen-bond donors (Lipinski definition) is 0. The molecule has 1 rings (SSSR count). The van der Waals surface area contributed by atoms with Gasteiger partial charge in [-0.05, 0) is 35.9 Å². The van der Waals surface area contributed by atoms with Gasteiger partial charge in [0.05, 0.1) is 13.0 Å². The highest BCUT2D eigenvalue weighted by Gasteiger charge is 2.42. The Kier molecular flexibility index (Phi) is 9.84. The molecule has 1 atom stereocenters. The molecule has 0 N–H and O–H groups in total. The first kappa shape index (κ1) is 23.6. The van der Waals surface area contributed by atoms with E-state index in [1.165, 1.54) is 38.3 Å². The van der Waals surface area contributed by atoms with Crippen LogP contribution in [0.2, 0.25) is 18.1 Å². The summed E-state index contributed by atoms with van der Waals surface area (Å²) in [5.41, 5.74) is 0. The number of esters is 1. The topological polar surface area (TPSA) is 32.8 Å². The van der Waals surface area contributed by atoms with Crippen molar-refractivity contribution >= 4 is 14.2 Å². The third-order valence-corrected chi connectivity index (χ3v) is 12.1. The van der Waals surface area contributed by atoms with E-state index in [1.54, 1.807) is 0 Å². The Balaban J connectivity index is 2.81. The van der Waals surface area contributed by atoms with Crippen LogP contribution >= 0.6 is 0 Å². The molecule has 1 fully saturated rings. The van der Waals surface area contributed by atoms with Crippen LogP contribution in [0.1, 0.15) is 48.5 Å². The van der Waals surface area contributed by atoms with Crippen LogP contribution in [0.5, 0.6) is 0 Å². The number of ether oxygens (including phenoxy) is 1. The standard InChI is InChI=1S/C21H44N2O2Si/c1-17(2)14-26(15-18(3)4,16-19(5)6)23-11-9-22(10-12-23)13-20(7)21(24)25-8/h17-20H,9-16H2,1-8H3. The molecule has 0 aromatic carbocycles. The minimum atomic E-state index is -1.47. The summed E-state index contributed by atoms with van der Waals surface area (Å²) >= 11 is 0. The van der Waals surface area contributed by atoms with E-state index in [9.17, 15) is 4.79 Å². The smallest absolute Gasteiger partial charge is 0.309 e. The van der Waals surface area contributed by atoms with Gasteiger partial charge in [0.15, 0.2) is 0 Å². The second-order valence-electron chi connectivity index (χ2n) is 9.73. The first-order valence-corrected chi connectivity index (χ1v) is 13.2. The average Bonchev–Trinajstić information content (AvgIpc) is 2.52. The van der Waals surface area contributed by atoms with Crippen molar-refractivity contribution < 1.29 is 9.53 Å². The zero-order chi connectivity index (χ0) is 19.9. The summed E-state index contributed by atoms with van der Waals surface area (Å²) in [4.78, 5) is 14.2. The van der Waals surface area contributed by atoms with Crippen molar-refractivity contribution in [2.24, 2.45) is 23.7 Å². The molecule has 0 aromatic heterocycles. The van der Waals surface area contributed by atoms with E-state index >= 15 is 0 Å². The fourth-order valence-corrected chi connectivity index (χ4v) is 12.0. The van der Waals surface area contributed by atoms with Crippen molar-refractivity contribution in [1.82, 2.24) is 9.47 Å². The molecule has 1 heterocycles. The van der Waals surface area contributed by atoms with Crippen LogP contribution in [0, 0.1) is 23.7 Å². The van der Waals surface area contributed by atoms with E-state index in [1.807, 2.05) is 6.92 Å². The Hall–Kier alpha value is -0.393. The zero-order valence-corrected chi connectivity index (χ0v) is 19.7. The Morgan fingerprint density at radius 1 is 0.846 bits per heavy atom. The van der Waals surface area contributed by atoms with E-state index in [-0.39, 0.29) is 11.9 Å². The van der Waals surface area contributed by atoms with Gasteiger partial charge in [0.2, 0.25) is 0 Å². The second kappa shape index (κ2) is 10.8. The van der Waals surface area contributed by atoms with Crippen LogP contribution in [0.4, 0.5) is 0 Å². The van der Waals surface area contributed by atoms with Crippen molar-refractivity contribution in [3.8, 4) is 0 Å². The molecule has 154 valence electrons. The molecular weight excluding hydrogens is 340 g/mol. The number of hydrogen-bond acceptors (Lipinski definition) is 4. The highest BCUT2D eigenvalue weighted by atomic mass is 28.3. The maximum absolute atomic E-state index is 11.7. The minimum absolute atomic E-state index is 0.0319. The van der Waals surface area contributed by atoms with Crippen LogP contribution in [0.15, 0.2) is 0 Å². The van der Waals surface area contributed by atoms with Gasteiger partial charge in [0, 0.05) is 32.7 Å². The number of rotatable bonds is 10. The van der Waals surface area contributed by atoms with E-state index in [4.69, 9.17) is 4.74 Å². The van der Waals surface area contributed by atoms with E-state index in [0.717, 1.165) is 37.4 Å². The maximum atomic E-state index is 11.7. The largest absolute Gasteiger partial charge is 0.469 e. The molecule has 0 bridgehead atoms. The molecule has 4 nitrogen and oxygen atoms in total. The molecule has 5 heteroatoms. The van der Waals surface area contributed by atoms with Gasteiger partial charge >= 0.3 is 5.97 Å². The fourth-order valence-electron chi connectivity index (χ4n) is 4.98. The molecule has 1 aliphatic heterocycles. The predicted molar refractivity (Wildman–Crippen MR) is 114 cm³/mol. The fraction of sp³-hybridized carbons (Fsp3) is 0.952. The van der Waals surface area contributed by atoms with Gasteiger partial charge in [0.1, 0.15) is 8.24 Å². The molecule has 26 heavy (non-hydrogen) atoms. The SMILES string of the molecule is COC(=O)C(C)CN1CCN([Si](CC(C)C)(CC(C)C)CC(C)C)CC1. The first-order chi connectivity index (χ1) is 12.1. The average molecular weight is 385 g/mol. The lowest BCUT2D eigenvalue weighted by Crippen LogP contribution is -2.62. The van der Waals surface area contributed by atoms with Crippen LogP contribution < -0.4 is 0 Å². The molecule has 0 amide bonds. The minimum Gasteiger partial charge on any atom is -0.469 e. The van der Waals surface area contributed by atoms with Crippen LogP contribution in [0.25, 0.3) is 0 Å². The monoisotopic (exact) mass is 384 g/mol. The summed E-state index contributed by atoms with van der Waals surface area (Å²) in [5, 5.41) is 0. The normalized spacial score (nSPS) is 18.7.